The first-order chi connectivity index (χ1) is 13.1. The van der Waals surface area contributed by atoms with E-state index in [9.17, 15) is 13.9 Å². The van der Waals surface area contributed by atoms with Gasteiger partial charge in [0.1, 0.15) is 11.4 Å². The molecular weight excluding hydrogens is 372 g/mol. The van der Waals surface area contributed by atoms with Crippen LogP contribution in [-0.4, -0.2) is 10.3 Å². The number of rotatable bonds is 3. The first-order valence-electron chi connectivity index (χ1n) is 8.04. The first kappa shape index (κ1) is 17.2. The van der Waals surface area contributed by atoms with E-state index in [-0.39, 0.29) is 22.6 Å². The van der Waals surface area contributed by atoms with Crippen molar-refractivity contribution in [1.29, 1.82) is 0 Å². The van der Waals surface area contributed by atoms with Gasteiger partial charge in [-0.25, -0.2) is 8.78 Å². The van der Waals surface area contributed by atoms with Gasteiger partial charge in [-0.05, 0) is 36.4 Å². The summed E-state index contributed by atoms with van der Waals surface area (Å²) < 4.78 is 34.0. The number of nitrogens with zero attached hydrogens (tertiary/aromatic N) is 1. The maximum Gasteiger partial charge on any atom is 0.175 e. The average Bonchev–Trinajstić information content (AvgIpc) is 3.09. The van der Waals surface area contributed by atoms with Crippen molar-refractivity contribution in [3.05, 3.63) is 83.4 Å². The van der Waals surface area contributed by atoms with E-state index >= 15 is 0 Å². The summed E-state index contributed by atoms with van der Waals surface area (Å²) in [6, 6.07) is 17.0. The van der Waals surface area contributed by atoms with Gasteiger partial charge in [-0.3, -0.25) is 0 Å². The Bertz CT molecular complexity index is 1120. The van der Waals surface area contributed by atoms with E-state index in [0.717, 1.165) is 6.07 Å². The van der Waals surface area contributed by atoms with Crippen LogP contribution in [0.3, 0.4) is 0 Å². The lowest BCUT2D eigenvalue weighted by molar-refractivity contribution is 0.435. The molecule has 0 bridgehead atoms. The van der Waals surface area contributed by atoms with E-state index in [1.54, 1.807) is 36.4 Å². The van der Waals surface area contributed by atoms with Crippen molar-refractivity contribution >= 4 is 11.6 Å². The molecule has 0 saturated heterocycles. The summed E-state index contributed by atoms with van der Waals surface area (Å²) in [4.78, 5) is 0. The molecule has 1 N–H and O–H groups in total. The van der Waals surface area contributed by atoms with Crippen LogP contribution in [0.5, 0.6) is 5.75 Å². The zero-order valence-corrected chi connectivity index (χ0v) is 14.5. The van der Waals surface area contributed by atoms with Gasteiger partial charge in [-0.15, -0.1) is 0 Å². The van der Waals surface area contributed by atoms with E-state index in [1.165, 1.54) is 24.3 Å². The Morgan fingerprint density at radius 1 is 0.852 bits per heavy atom. The quantitative estimate of drug-likeness (QED) is 0.450. The van der Waals surface area contributed by atoms with Gasteiger partial charge in [0.05, 0.1) is 10.6 Å². The molecule has 4 rings (SSSR count). The molecule has 4 aromatic rings. The number of phenols is 1. The lowest BCUT2D eigenvalue weighted by Gasteiger charge is -2.08. The van der Waals surface area contributed by atoms with E-state index in [1.807, 2.05) is 0 Å². The maximum atomic E-state index is 14.6. The Labute approximate surface area is 158 Å². The number of halogens is 3. The van der Waals surface area contributed by atoms with Gasteiger partial charge >= 0.3 is 0 Å². The summed E-state index contributed by atoms with van der Waals surface area (Å²) in [5, 5.41) is 14.0. The molecule has 0 aliphatic heterocycles. The molecule has 134 valence electrons. The minimum Gasteiger partial charge on any atom is -0.508 e. The number of hydrogen-bond acceptors (Lipinski definition) is 3. The summed E-state index contributed by atoms with van der Waals surface area (Å²) >= 11 is 6.28. The number of benzene rings is 3. The number of aromatic nitrogens is 1. The summed E-state index contributed by atoms with van der Waals surface area (Å²) in [6.45, 7) is 0. The van der Waals surface area contributed by atoms with Gasteiger partial charge in [-0.2, -0.15) is 0 Å². The number of phenolic OH excluding ortho intramolecular Hbond substituents is 1. The standard InChI is InChI=1S/C21H12ClF2NO2/c22-16-6-2-1-4-14(16)20-18(15-5-3-7-17(23)19(15)24)21(27-25-20)12-8-10-13(26)11-9-12/h1-11,26H. The molecule has 0 atom stereocenters. The zero-order valence-electron chi connectivity index (χ0n) is 13.8. The molecule has 27 heavy (non-hydrogen) atoms. The molecular formula is C21H12ClF2NO2. The topological polar surface area (TPSA) is 46.3 Å². The molecule has 0 aliphatic carbocycles. The van der Waals surface area contributed by atoms with E-state index < -0.39 is 11.6 Å². The Balaban J connectivity index is 2.03. The Hall–Kier alpha value is -3.18. The second kappa shape index (κ2) is 6.85. The lowest BCUT2D eigenvalue weighted by Crippen LogP contribution is -1.92. The van der Waals surface area contributed by atoms with Crippen LogP contribution in [0, 0.1) is 11.6 Å². The average molecular weight is 384 g/mol. The minimum atomic E-state index is -1.01. The molecule has 3 aromatic carbocycles. The van der Waals surface area contributed by atoms with Gasteiger partial charge in [0.25, 0.3) is 0 Å². The van der Waals surface area contributed by atoms with Gasteiger partial charge in [0, 0.05) is 16.7 Å². The molecule has 0 amide bonds. The molecule has 0 fully saturated rings. The zero-order chi connectivity index (χ0) is 19.0. The summed E-state index contributed by atoms with van der Waals surface area (Å²) in [6.07, 6.45) is 0. The minimum absolute atomic E-state index is 0.00856. The molecule has 3 nitrogen and oxygen atoms in total. The molecule has 0 unspecified atom stereocenters. The van der Waals surface area contributed by atoms with Crippen molar-refractivity contribution < 1.29 is 18.4 Å². The van der Waals surface area contributed by atoms with Crippen molar-refractivity contribution in [3.8, 4) is 39.5 Å². The van der Waals surface area contributed by atoms with Crippen molar-refractivity contribution in [2.24, 2.45) is 0 Å². The van der Waals surface area contributed by atoms with Crippen LogP contribution in [0.1, 0.15) is 0 Å². The highest BCUT2D eigenvalue weighted by atomic mass is 35.5. The van der Waals surface area contributed by atoms with Gasteiger partial charge in [0.15, 0.2) is 17.4 Å². The molecule has 0 saturated carbocycles. The van der Waals surface area contributed by atoms with Crippen molar-refractivity contribution in [2.75, 3.05) is 0 Å². The van der Waals surface area contributed by atoms with Crippen LogP contribution in [0.4, 0.5) is 8.78 Å². The van der Waals surface area contributed by atoms with Crippen LogP contribution in [0.2, 0.25) is 5.02 Å². The largest absolute Gasteiger partial charge is 0.508 e. The fraction of sp³-hybridized carbons (Fsp3) is 0. The van der Waals surface area contributed by atoms with Crippen LogP contribution in [-0.2, 0) is 0 Å². The molecule has 0 radical (unpaired) electrons. The highest BCUT2D eigenvalue weighted by Crippen LogP contribution is 2.43. The van der Waals surface area contributed by atoms with E-state index in [0.29, 0.717) is 21.8 Å². The van der Waals surface area contributed by atoms with Crippen LogP contribution in [0.15, 0.2) is 71.3 Å². The molecule has 1 heterocycles. The predicted molar refractivity (Wildman–Crippen MR) is 99.4 cm³/mol. The first-order valence-corrected chi connectivity index (χ1v) is 8.42. The Morgan fingerprint density at radius 2 is 1.56 bits per heavy atom. The number of aromatic hydroxyl groups is 1. The maximum absolute atomic E-state index is 14.6. The summed E-state index contributed by atoms with van der Waals surface area (Å²) in [5.41, 5.74) is 1.68. The third kappa shape index (κ3) is 3.06. The van der Waals surface area contributed by atoms with Gasteiger partial charge in [0.2, 0.25) is 0 Å². The summed E-state index contributed by atoms with van der Waals surface area (Å²) in [5.74, 6) is -1.66. The highest BCUT2D eigenvalue weighted by Gasteiger charge is 2.25. The third-order valence-electron chi connectivity index (χ3n) is 4.17. The lowest BCUT2D eigenvalue weighted by atomic mass is 9.96. The predicted octanol–water partition coefficient (Wildman–Crippen LogP) is 6.31. The monoisotopic (exact) mass is 383 g/mol. The molecule has 6 heteroatoms. The van der Waals surface area contributed by atoms with Crippen molar-refractivity contribution in [1.82, 2.24) is 5.16 Å². The Kier molecular flexibility index (Phi) is 4.38. The normalized spacial score (nSPS) is 10.9. The van der Waals surface area contributed by atoms with E-state index in [4.69, 9.17) is 16.1 Å². The SMILES string of the molecule is Oc1ccc(-c2onc(-c3ccccc3Cl)c2-c2cccc(F)c2F)cc1. The fourth-order valence-corrected chi connectivity index (χ4v) is 3.11. The van der Waals surface area contributed by atoms with E-state index in [2.05, 4.69) is 5.16 Å². The number of hydrogen-bond donors (Lipinski definition) is 1. The second-order valence-corrected chi connectivity index (χ2v) is 6.27. The van der Waals surface area contributed by atoms with Crippen molar-refractivity contribution in [3.63, 3.8) is 0 Å². The molecule has 0 aliphatic rings. The van der Waals surface area contributed by atoms with Crippen LogP contribution < -0.4 is 0 Å². The second-order valence-electron chi connectivity index (χ2n) is 5.86. The molecule has 1 aromatic heterocycles. The fourth-order valence-electron chi connectivity index (χ4n) is 2.88. The molecule has 0 spiro atoms. The Morgan fingerprint density at radius 3 is 2.30 bits per heavy atom. The van der Waals surface area contributed by atoms with Gasteiger partial charge < -0.3 is 9.63 Å². The summed E-state index contributed by atoms with van der Waals surface area (Å²) in [7, 11) is 0. The smallest absolute Gasteiger partial charge is 0.175 e. The third-order valence-corrected chi connectivity index (χ3v) is 4.50. The van der Waals surface area contributed by atoms with Crippen LogP contribution in [0.25, 0.3) is 33.7 Å². The highest BCUT2D eigenvalue weighted by molar-refractivity contribution is 6.33. The van der Waals surface area contributed by atoms with Crippen LogP contribution >= 0.6 is 11.6 Å². The van der Waals surface area contributed by atoms with Gasteiger partial charge in [-0.1, -0.05) is 47.1 Å². The van der Waals surface area contributed by atoms with Crippen molar-refractivity contribution in [2.45, 2.75) is 0 Å².